The molecule has 31 heavy (non-hydrogen) atoms. The van der Waals surface area contributed by atoms with Gasteiger partial charge in [0.05, 0.1) is 5.75 Å². The summed E-state index contributed by atoms with van der Waals surface area (Å²) >= 11 is 1.37. The van der Waals surface area contributed by atoms with Gasteiger partial charge in [0.2, 0.25) is 11.8 Å². The molecule has 0 aliphatic rings. The Morgan fingerprint density at radius 3 is 2.58 bits per heavy atom. The van der Waals surface area contributed by atoms with Gasteiger partial charge >= 0.3 is 0 Å². The molecule has 168 valence electrons. The number of unbranched alkanes of at least 4 members (excludes halogenated alkanes) is 1. The number of carbonyl (C=O) groups is 2. The van der Waals surface area contributed by atoms with Gasteiger partial charge in [-0.05, 0) is 37.0 Å². The van der Waals surface area contributed by atoms with Crippen molar-refractivity contribution in [2.24, 2.45) is 0 Å². The van der Waals surface area contributed by atoms with E-state index in [1.54, 1.807) is 23.1 Å². The summed E-state index contributed by atoms with van der Waals surface area (Å²) in [5.74, 6) is 0.118. The Hall–Kier alpha value is -2.34. The number of aryl methyl sites for hydroxylation is 1. The second-order valence-electron chi connectivity index (χ2n) is 7.66. The molecule has 4 nitrogen and oxygen atoms in total. The summed E-state index contributed by atoms with van der Waals surface area (Å²) in [7, 11) is 0. The highest BCUT2D eigenvalue weighted by atomic mass is 32.2. The van der Waals surface area contributed by atoms with Gasteiger partial charge in [-0.1, -0.05) is 68.3 Å². The smallest absolute Gasteiger partial charge is 0.242 e. The van der Waals surface area contributed by atoms with E-state index in [9.17, 15) is 14.0 Å². The third-order valence-corrected chi connectivity index (χ3v) is 6.06. The van der Waals surface area contributed by atoms with Gasteiger partial charge in [-0.2, -0.15) is 0 Å². The Labute approximate surface area is 189 Å². The van der Waals surface area contributed by atoms with Gasteiger partial charge in [-0.25, -0.2) is 4.39 Å². The molecule has 0 saturated carbocycles. The fourth-order valence-electron chi connectivity index (χ4n) is 3.38. The van der Waals surface area contributed by atoms with Crippen molar-refractivity contribution in [3.63, 3.8) is 0 Å². The van der Waals surface area contributed by atoms with Gasteiger partial charge in [-0.3, -0.25) is 9.59 Å². The molecule has 0 bridgehead atoms. The second-order valence-corrected chi connectivity index (χ2v) is 8.65. The number of thioether (sulfide) groups is 1. The van der Waals surface area contributed by atoms with E-state index in [-0.39, 0.29) is 23.4 Å². The summed E-state index contributed by atoms with van der Waals surface area (Å²) < 4.78 is 13.9. The van der Waals surface area contributed by atoms with Gasteiger partial charge in [-0.15, -0.1) is 11.8 Å². The zero-order valence-corrected chi connectivity index (χ0v) is 19.5. The van der Waals surface area contributed by atoms with Crippen LogP contribution in [0.1, 0.15) is 49.8 Å². The van der Waals surface area contributed by atoms with E-state index in [0.29, 0.717) is 30.8 Å². The number of hydrogen-bond donors (Lipinski definition) is 1. The summed E-state index contributed by atoms with van der Waals surface area (Å²) in [5.41, 5.74) is 2.68. The van der Waals surface area contributed by atoms with Crippen LogP contribution in [-0.2, 0) is 21.9 Å². The fourth-order valence-corrected chi connectivity index (χ4v) is 4.28. The van der Waals surface area contributed by atoms with Crippen LogP contribution in [0.5, 0.6) is 0 Å². The SMILES string of the molecule is CCCCNC(=O)[C@H](CC)N(Cc1cccc(C)c1)C(=O)CSCc1ccccc1F. The number of carbonyl (C=O) groups excluding carboxylic acids is 2. The minimum atomic E-state index is -0.529. The Morgan fingerprint density at radius 2 is 1.90 bits per heavy atom. The van der Waals surface area contributed by atoms with Gasteiger partial charge < -0.3 is 10.2 Å². The summed E-state index contributed by atoms with van der Waals surface area (Å²) in [5, 5.41) is 2.97. The van der Waals surface area contributed by atoms with Crippen molar-refractivity contribution in [1.29, 1.82) is 0 Å². The van der Waals surface area contributed by atoms with E-state index in [1.807, 2.05) is 38.1 Å². The fraction of sp³-hybridized carbons (Fsp3) is 0.440. The summed E-state index contributed by atoms with van der Waals surface area (Å²) in [4.78, 5) is 27.7. The van der Waals surface area contributed by atoms with Crippen molar-refractivity contribution in [2.75, 3.05) is 12.3 Å². The zero-order valence-electron chi connectivity index (χ0n) is 18.7. The summed E-state index contributed by atoms with van der Waals surface area (Å²) in [6.07, 6.45) is 2.44. The lowest BCUT2D eigenvalue weighted by Gasteiger charge is -2.30. The second kappa shape index (κ2) is 13.2. The minimum absolute atomic E-state index is 0.111. The Morgan fingerprint density at radius 1 is 1.13 bits per heavy atom. The van der Waals surface area contributed by atoms with Crippen molar-refractivity contribution < 1.29 is 14.0 Å². The standard InChI is InChI=1S/C25H33FN2O2S/c1-4-6-14-27-25(30)23(5-2)28(16-20-11-9-10-19(3)15-20)24(29)18-31-17-21-12-7-8-13-22(21)26/h7-13,15,23H,4-6,14,16-18H2,1-3H3,(H,27,30)/t23-/m0/s1. The maximum absolute atomic E-state index is 13.9. The van der Waals surface area contributed by atoms with Crippen LogP contribution in [0.4, 0.5) is 4.39 Å². The lowest BCUT2D eigenvalue weighted by molar-refractivity contribution is -0.139. The number of nitrogens with zero attached hydrogens (tertiary/aromatic N) is 1. The molecule has 0 spiro atoms. The first-order valence-corrected chi connectivity index (χ1v) is 12.1. The molecule has 1 N–H and O–H groups in total. The molecule has 0 aliphatic heterocycles. The Bertz CT molecular complexity index is 859. The quantitative estimate of drug-likeness (QED) is 0.464. The highest BCUT2D eigenvalue weighted by Gasteiger charge is 2.28. The average molecular weight is 445 g/mol. The Kier molecular flexibility index (Phi) is 10.6. The maximum atomic E-state index is 13.9. The molecule has 6 heteroatoms. The maximum Gasteiger partial charge on any atom is 0.242 e. The van der Waals surface area contributed by atoms with Gasteiger partial charge in [0.25, 0.3) is 0 Å². The first-order chi connectivity index (χ1) is 15.0. The van der Waals surface area contributed by atoms with Crippen LogP contribution in [0.25, 0.3) is 0 Å². The number of rotatable bonds is 12. The molecule has 2 amide bonds. The molecule has 0 aromatic heterocycles. The lowest BCUT2D eigenvalue weighted by atomic mass is 10.1. The van der Waals surface area contributed by atoms with Gasteiger partial charge in [0.1, 0.15) is 11.9 Å². The molecular weight excluding hydrogens is 411 g/mol. The molecule has 0 aliphatic carbocycles. The van der Waals surface area contributed by atoms with Crippen LogP contribution in [0.15, 0.2) is 48.5 Å². The first kappa shape index (κ1) is 24.9. The largest absolute Gasteiger partial charge is 0.354 e. The average Bonchev–Trinajstić information content (AvgIpc) is 2.75. The number of amides is 2. The van der Waals surface area contributed by atoms with E-state index in [4.69, 9.17) is 0 Å². The number of hydrogen-bond acceptors (Lipinski definition) is 3. The molecule has 2 rings (SSSR count). The highest BCUT2D eigenvalue weighted by molar-refractivity contribution is 7.99. The number of nitrogens with one attached hydrogen (secondary N) is 1. The van der Waals surface area contributed by atoms with Gasteiger partial charge in [0, 0.05) is 18.8 Å². The topological polar surface area (TPSA) is 49.4 Å². The minimum Gasteiger partial charge on any atom is -0.354 e. The molecule has 2 aromatic carbocycles. The molecule has 0 radical (unpaired) electrons. The molecule has 1 atom stereocenters. The molecule has 0 fully saturated rings. The Balaban J connectivity index is 2.11. The molecular formula is C25H33FN2O2S. The van der Waals surface area contributed by atoms with Crippen molar-refractivity contribution in [3.8, 4) is 0 Å². The van der Waals surface area contributed by atoms with Crippen molar-refractivity contribution in [1.82, 2.24) is 10.2 Å². The molecule has 0 saturated heterocycles. The molecule has 0 heterocycles. The highest BCUT2D eigenvalue weighted by Crippen LogP contribution is 2.19. The molecule has 0 unspecified atom stereocenters. The monoisotopic (exact) mass is 444 g/mol. The van der Waals surface area contributed by atoms with E-state index in [2.05, 4.69) is 12.2 Å². The number of halogens is 1. The van der Waals surface area contributed by atoms with Gasteiger partial charge in [0.15, 0.2) is 0 Å². The van der Waals surface area contributed by atoms with Crippen LogP contribution in [0, 0.1) is 12.7 Å². The van der Waals surface area contributed by atoms with E-state index < -0.39 is 6.04 Å². The predicted molar refractivity (Wildman–Crippen MR) is 126 cm³/mol. The lowest BCUT2D eigenvalue weighted by Crippen LogP contribution is -2.49. The van der Waals surface area contributed by atoms with Crippen molar-refractivity contribution >= 4 is 23.6 Å². The predicted octanol–water partition coefficient (Wildman–Crippen LogP) is 5.09. The zero-order chi connectivity index (χ0) is 22.6. The van der Waals surface area contributed by atoms with E-state index >= 15 is 0 Å². The summed E-state index contributed by atoms with van der Waals surface area (Å²) in [6, 6.07) is 14.1. The summed E-state index contributed by atoms with van der Waals surface area (Å²) in [6.45, 7) is 6.99. The van der Waals surface area contributed by atoms with E-state index in [1.165, 1.54) is 17.8 Å². The third kappa shape index (κ3) is 8.02. The first-order valence-electron chi connectivity index (χ1n) is 10.9. The van der Waals surface area contributed by atoms with Crippen molar-refractivity contribution in [2.45, 2.75) is 58.4 Å². The van der Waals surface area contributed by atoms with Crippen LogP contribution in [0.2, 0.25) is 0 Å². The normalized spacial score (nSPS) is 11.7. The molecule has 2 aromatic rings. The van der Waals surface area contributed by atoms with Crippen LogP contribution >= 0.6 is 11.8 Å². The van der Waals surface area contributed by atoms with Crippen LogP contribution in [0.3, 0.4) is 0 Å². The third-order valence-electron chi connectivity index (χ3n) is 5.09. The van der Waals surface area contributed by atoms with Crippen molar-refractivity contribution in [3.05, 3.63) is 71.0 Å². The van der Waals surface area contributed by atoms with Crippen LogP contribution in [-0.4, -0.2) is 35.1 Å². The van der Waals surface area contributed by atoms with Crippen LogP contribution < -0.4 is 5.32 Å². The number of benzene rings is 2. The van der Waals surface area contributed by atoms with E-state index in [0.717, 1.165) is 24.0 Å².